The van der Waals surface area contributed by atoms with Crippen molar-refractivity contribution in [2.45, 2.75) is 31.6 Å². The highest BCUT2D eigenvalue weighted by atomic mass is 32.1. The molecule has 2 aliphatic rings. The average Bonchev–Trinajstić information content (AvgIpc) is 3.52. The Morgan fingerprint density at radius 3 is 2.74 bits per heavy atom. The van der Waals surface area contributed by atoms with Crippen LogP contribution in [-0.2, 0) is 4.79 Å². The van der Waals surface area contributed by atoms with E-state index in [0.29, 0.717) is 41.3 Å². The number of imidazole rings is 1. The number of hydrogen-bond acceptors (Lipinski definition) is 7. The standard InChI is InChI=1S/C24H23N5O4S/c1-11-21(29-6-7-34-24(29)25-11)19-18-14(26-22-20(19)23(31)28-27-22)8-13(9-15(18)30)12-4-5-16(32-2)17(10-12)33-3/h4-7,10,13,19H,8-9H2,1-3H3,(H3,26,27,28,31)/t13-,19-/m0/s1. The van der Waals surface area contributed by atoms with E-state index in [0.717, 1.165) is 27.6 Å². The molecule has 4 aromatic rings. The van der Waals surface area contributed by atoms with E-state index in [4.69, 9.17) is 9.47 Å². The van der Waals surface area contributed by atoms with Crippen LogP contribution in [0, 0.1) is 6.92 Å². The van der Waals surface area contributed by atoms with Crippen molar-refractivity contribution in [1.82, 2.24) is 19.6 Å². The number of nitrogens with one attached hydrogen (secondary N) is 3. The molecule has 0 saturated heterocycles. The smallest absolute Gasteiger partial charge is 0.270 e. The van der Waals surface area contributed by atoms with E-state index in [1.54, 1.807) is 14.2 Å². The van der Waals surface area contributed by atoms with Crippen LogP contribution in [0.25, 0.3) is 4.96 Å². The first-order valence-electron chi connectivity index (χ1n) is 11.0. The number of methoxy groups -OCH3 is 2. The molecule has 3 aromatic heterocycles. The molecule has 9 nitrogen and oxygen atoms in total. The number of allylic oxidation sites excluding steroid dienone is 2. The Morgan fingerprint density at radius 1 is 1.12 bits per heavy atom. The largest absolute Gasteiger partial charge is 0.493 e. The molecule has 1 aliphatic heterocycles. The number of hydrogen-bond donors (Lipinski definition) is 3. The SMILES string of the molecule is COc1ccc([C@@H]2CC(=O)C3=C(C2)Nc2[nH][nH]c(=O)c2[C@H]3c2c(C)nc3sccn23)cc1OC. The Labute approximate surface area is 198 Å². The number of ether oxygens (including phenoxy) is 2. The third kappa shape index (κ3) is 2.95. The number of anilines is 1. The van der Waals surface area contributed by atoms with Gasteiger partial charge >= 0.3 is 0 Å². The highest BCUT2D eigenvalue weighted by Crippen LogP contribution is 2.48. The molecule has 0 spiro atoms. The van der Waals surface area contributed by atoms with Gasteiger partial charge in [-0.2, -0.15) is 0 Å². The second-order valence-corrected chi connectivity index (χ2v) is 9.47. The summed E-state index contributed by atoms with van der Waals surface area (Å²) in [5.74, 6) is 1.38. The average molecular weight is 478 g/mol. The summed E-state index contributed by atoms with van der Waals surface area (Å²) < 4.78 is 12.8. The summed E-state index contributed by atoms with van der Waals surface area (Å²) in [5, 5.41) is 10.9. The number of rotatable bonds is 4. The third-order valence-corrected chi connectivity index (χ3v) is 7.57. The molecule has 174 valence electrons. The van der Waals surface area contributed by atoms with Crippen molar-refractivity contribution in [2.24, 2.45) is 0 Å². The summed E-state index contributed by atoms with van der Waals surface area (Å²) in [6, 6.07) is 5.78. The Bertz CT molecular complexity index is 1540. The Kier molecular flexibility index (Phi) is 4.66. The summed E-state index contributed by atoms with van der Waals surface area (Å²) in [6.45, 7) is 1.93. The van der Waals surface area contributed by atoms with Crippen LogP contribution in [0.3, 0.4) is 0 Å². The number of ketones is 1. The van der Waals surface area contributed by atoms with E-state index < -0.39 is 5.92 Å². The van der Waals surface area contributed by atoms with Gasteiger partial charge in [-0.05, 0) is 37.0 Å². The highest BCUT2D eigenvalue weighted by molar-refractivity contribution is 7.15. The first kappa shape index (κ1) is 20.8. The summed E-state index contributed by atoms with van der Waals surface area (Å²) >= 11 is 1.53. The molecule has 4 heterocycles. The van der Waals surface area contributed by atoms with Crippen LogP contribution < -0.4 is 20.3 Å². The molecule has 0 amide bonds. The van der Waals surface area contributed by atoms with Crippen molar-refractivity contribution in [3.05, 3.63) is 73.9 Å². The fraction of sp³-hybridized carbons (Fsp3) is 0.292. The van der Waals surface area contributed by atoms with Gasteiger partial charge in [0, 0.05) is 29.3 Å². The predicted molar refractivity (Wildman–Crippen MR) is 128 cm³/mol. The second kappa shape index (κ2) is 7.63. The molecule has 2 atom stereocenters. The minimum atomic E-state index is -0.496. The highest BCUT2D eigenvalue weighted by Gasteiger charge is 2.42. The topological polar surface area (TPSA) is 114 Å². The summed E-state index contributed by atoms with van der Waals surface area (Å²) in [7, 11) is 3.20. The molecule has 0 unspecified atom stereocenters. The van der Waals surface area contributed by atoms with Gasteiger partial charge in [0.2, 0.25) is 0 Å². The van der Waals surface area contributed by atoms with E-state index in [1.807, 2.05) is 41.1 Å². The Balaban J connectivity index is 1.49. The quantitative estimate of drug-likeness (QED) is 0.413. The van der Waals surface area contributed by atoms with Crippen LogP contribution in [0.15, 0.2) is 45.8 Å². The minimum Gasteiger partial charge on any atom is -0.493 e. The lowest BCUT2D eigenvalue weighted by atomic mass is 9.73. The van der Waals surface area contributed by atoms with Crippen LogP contribution in [-0.4, -0.2) is 39.6 Å². The van der Waals surface area contributed by atoms with Crippen LogP contribution >= 0.6 is 11.3 Å². The van der Waals surface area contributed by atoms with Gasteiger partial charge in [-0.25, -0.2) is 4.98 Å². The fourth-order valence-corrected chi connectivity index (χ4v) is 6.06. The Morgan fingerprint density at radius 2 is 1.94 bits per heavy atom. The molecule has 1 aromatic carbocycles. The molecular weight excluding hydrogens is 454 g/mol. The Hall–Kier alpha value is -3.79. The lowest BCUT2D eigenvalue weighted by Crippen LogP contribution is -2.32. The number of aromatic nitrogens is 4. The molecule has 0 saturated carbocycles. The molecule has 3 N–H and O–H groups in total. The predicted octanol–water partition coefficient (Wildman–Crippen LogP) is 3.70. The molecule has 34 heavy (non-hydrogen) atoms. The number of aryl methyl sites for hydroxylation is 1. The van der Waals surface area contributed by atoms with Crippen LogP contribution in [0.2, 0.25) is 0 Å². The molecular formula is C24H23N5O4S. The number of benzene rings is 1. The minimum absolute atomic E-state index is 0.0226. The normalized spacial score (nSPS) is 19.7. The maximum atomic E-state index is 13.7. The zero-order chi connectivity index (χ0) is 23.6. The van der Waals surface area contributed by atoms with Gasteiger partial charge in [-0.15, -0.1) is 11.3 Å². The van der Waals surface area contributed by atoms with Gasteiger partial charge in [-0.3, -0.25) is 24.2 Å². The van der Waals surface area contributed by atoms with Gasteiger partial charge in [-0.1, -0.05) is 6.07 Å². The van der Waals surface area contributed by atoms with E-state index in [1.165, 1.54) is 11.3 Å². The zero-order valence-electron chi connectivity index (χ0n) is 18.9. The van der Waals surface area contributed by atoms with Crippen molar-refractivity contribution in [1.29, 1.82) is 0 Å². The summed E-state index contributed by atoms with van der Waals surface area (Å²) in [5.41, 5.74) is 4.43. The second-order valence-electron chi connectivity index (χ2n) is 8.60. The number of aromatic amines is 2. The maximum absolute atomic E-state index is 13.7. The number of thiazole rings is 1. The van der Waals surface area contributed by atoms with Crippen LogP contribution in [0.5, 0.6) is 11.5 Å². The number of H-pyrrole nitrogens is 2. The van der Waals surface area contributed by atoms with Crippen molar-refractivity contribution < 1.29 is 14.3 Å². The zero-order valence-corrected chi connectivity index (χ0v) is 19.7. The fourth-order valence-electron chi connectivity index (χ4n) is 5.30. The van der Waals surface area contributed by atoms with Crippen LogP contribution in [0.1, 0.15) is 47.2 Å². The maximum Gasteiger partial charge on any atom is 0.270 e. The molecule has 10 heteroatoms. The van der Waals surface area contributed by atoms with Crippen molar-refractivity contribution in [2.75, 3.05) is 19.5 Å². The van der Waals surface area contributed by atoms with E-state index in [9.17, 15) is 9.59 Å². The number of nitrogens with zero attached hydrogens (tertiary/aromatic N) is 2. The summed E-state index contributed by atoms with van der Waals surface area (Å²) in [4.78, 5) is 32.1. The monoisotopic (exact) mass is 477 g/mol. The van der Waals surface area contributed by atoms with Crippen molar-refractivity contribution >= 4 is 27.9 Å². The number of carbonyl (C=O) groups excluding carboxylic acids is 1. The molecule has 0 fully saturated rings. The number of Topliss-reactive ketones (excluding diaryl/α,β-unsaturated/α-hetero) is 1. The first-order valence-corrected chi connectivity index (χ1v) is 11.9. The van der Waals surface area contributed by atoms with Crippen LogP contribution in [0.4, 0.5) is 5.82 Å². The van der Waals surface area contributed by atoms with Gasteiger partial charge in [0.05, 0.1) is 37.1 Å². The van der Waals surface area contributed by atoms with Gasteiger partial charge < -0.3 is 14.8 Å². The van der Waals surface area contributed by atoms with Gasteiger partial charge in [0.25, 0.3) is 5.56 Å². The molecule has 0 radical (unpaired) electrons. The lowest BCUT2D eigenvalue weighted by Gasteiger charge is -2.34. The molecule has 6 rings (SSSR count). The molecule has 0 bridgehead atoms. The number of carbonyl (C=O) groups is 1. The lowest BCUT2D eigenvalue weighted by molar-refractivity contribution is -0.116. The van der Waals surface area contributed by atoms with Crippen molar-refractivity contribution in [3.63, 3.8) is 0 Å². The summed E-state index contributed by atoms with van der Waals surface area (Å²) in [6.07, 6.45) is 2.91. The first-order chi connectivity index (χ1) is 16.5. The van der Waals surface area contributed by atoms with Crippen molar-refractivity contribution in [3.8, 4) is 11.5 Å². The van der Waals surface area contributed by atoms with Gasteiger partial charge in [0.15, 0.2) is 22.2 Å². The molecule has 1 aliphatic carbocycles. The van der Waals surface area contributed by atoms with E-state index in [-0.39, 0.29) is 17.3 Å². The van der Waals surface area contributed by atoms with E-state index in [2.05, 4.69) is 20.5 Å². The van der Waals surface area contributed by atoms with Gasteiger partial charge in [0.1, 0.15) is 5.82 Å². The third-order valence-electron chi connectivity index (χ3n) is 6.81. The van der Waals surface area contributed by atoms with E-state index >= 15 is 0 Å². The number of fused-ring (bicyclic) bond motifs is 2.